The third kappa shape index (κ3) is 11.3. The average Bonchev–Trinajstić information content (AvgIpc) is 3.39. The molecule has 0 unspecified atom stereocenters. The molecule has 8 rings (SSSR count). The average molecular weight is 995 g/mol. The zero-order valence-electron chi connectivity index (χ0n) is 47.5. The molecule has 0 atom stereocenters. The van der Waals surface area contributed by atoms with Gasteiger partial charge in [-0.15, -0.1) is 0 Å². The van der Waals surface area contributed by atoms with Crippen molar-refractivity contribution in [2.45, 2.75) is 163 Å². The van der Waals surface area contributed by atoms with Gasteiger partial charge in [0, 0.05) is 10.6 Å². The summed E-state index contributed by atoms with van der Waals surface area (Å²) in [6.45, 7) is 37.6. The lowest BCUT2D eigenvalue weighted by molar-refractivity contribution is 0.836. The number of rotatable bonds is 17. The lowest BCUT2D eigenvalue weighted by atomic mass is 9.80. The van der Waals surface area contributed by atoms with E-state index in [4.69, 9.17) is 0 Å². The van der Waals surface area contributed by atoms with Gasteiger partial charge in [-0.1, -0.05) is 220 Å². The molecule has 0 saturated heterocycles. The van der Waals surface area contributed by atoms with Crippen molar-refractivity contribution in [3.05, 3.63) is 202 Å². The Bertz CT molecular complexity index is 3050. The highest BCUT2D eigenvalue weighted by Gasteiger charge is 2.26. The van der Waals surface area contributed by atoms with Crippen molar-refractivity contribution in [2.75, 3.05) is 4.72 Å². The maximum Gasteiger partial charge on any atom is 0.0443 e. The van der Waals surface area contributed by atoms with Crippen LogP contribution >= 0.6 is 11.9 Å². The summed E-state index contributed by atoms with van der Waals surface area (Å²) in [7, 11) is 0. The van der Waals surface area contributed by atoms with E-state index in [2.05, 4.69) is 273 Å². The Morgan fingerprint density at radius 2 is 0.554 bits per heavy atom. The van der Waals surface area contributed by atoms with Gasteiger partial charge in [0.05, 0.1) is 0 Å². The molecule has 0 saturated carbocycles. The third-order valence-corrected chi connectivity index (χ3v) is 16.2. The normalized spacial score (nSPS) is 12.0. The molecule has 0 aliphatic rings. The molecular weight excluding hydrogens is 911 g/mol. The summed E-state index contributed by atoms with van der Waals surface area (Å²) in [5, 5.41) is 0. The van der Waals surface area contributed by atoms with E-state index in [1.807, 2.05) is 0 Å². The Kier molecular flexibility index (Phi) is 17.0. The summed E-state index contributed by atoms with van der Waals surface area (Å²) in [5.41, 5.74) is 27.7. The fraction of sp³-hybridized carbons (Fsp3) is 0.333. The molecule has 0 aliphatic heterocycles. The molecule has 0 amide bonds. The molecule has 0 aliphatic carbocycles. The van der Waals surface area contributed by atoms with Crippen molar-refractivity contribution in [1.29, 1.82) is 0 Å². The van der Waals surface area contributed by atoms with Crippen LogP contribution in [-0.2, 0) is 0 Å². The van der Waals surface area contributed by atoms with Gasteiger partial charge in [0.25, 0.3) is 0 Å². The van der Waals surface area contributed by atoms with E-state index < -0.39 is 0 Å². The molecular formula is C72H83NS. The molecule has 0 fully saturated rings. The minimum absolute atomic E-state index is 0.323. The maximum absolute atomic E-state index is 3.87. The predicted molar refractivity (Wildman–Crippen MR) is 328 cm³/mol. The smallest absolute Gasteiger partial charge is 0.0443 e. The van der Waals surface area contributed by atoms with Crippen molar-refractivity contribution in [3.8, 4) is 66.8 Å². The standard InChI is InChI=1S/C72H83NS/c1-43(2)58-29-21-30-59(44(3)4)68(58)54-38-53(39-55(40-54)69-60(45(5)6)31-22-32-61(69)46(7)8)51-25-20-26-52(37-51)66-41-56(70-62(47(9)10)33-23-34-63(70)48(11)12)42-67(72(66)74-73-57-27-18-17-19-28-57)71-64(49(13)14)35-24-36-65(71)50(15)16/h17-50,73H,1-16H3. The Hall–Kier alpha value is -6.09. The molecule has 0 radical (unpaired) electrons. The van der Waals surface area contributed by atoms with E-state index in [0.29, 0.717) is 47.3 Å². The second kappa shape index (κ2) is 23.2. The number of anilines is 1. The van der Waals surface area contributed by atoms with Gasteiger partial charge in [-0.25, -0.2) is 0 Å². The maximum atomic E-state index is 3.87. The first kappa shape index (κ1) is 54.2. The van der Waals surface area contributed by atoms with Gasteiger partial charge in [0.2, 0.25) is 0 Å². The highest BCUT2D eigenvalue weighted by molar-refractivity contribution is 8.00. The molecule has 8 aromatic rings. The van der Waals surface area contributed by atoms with E-state index >= 15 is 0 Å². The Balaban J connectivity index is 1.50. The van der Waals surface area contributed by atoms with Crippen LogP contribution in [0.25, 0.3) is 66.8 Å². The monoisotopic (exact) mass is 994 g/mol. The lowest BCUT2D eigenvalue weighted by Gasteiger charge is -2.26. The molecule has 0 aromatic heterocycles. The van der Waals surface area contributed by atoms with Crippen LogP contribution in [-0.4, -0.2) is 0 Å². The van der Waals surface area contributed by atoms with Crippen molar-refractivity contribution in [3.63, 3.8) is 0 Å². The fourth-order valence-corrected chi connectivity index (χ4v) is 12.3. The zero-order valence-corrected chi connectivity index (χ0v) is 48.4. The minimum Gasteiger partial charge on any atom is -0.326 e. The summed E-state index contributed by atoms with van der Waals surface area (Å²) in [4.78, 5) is 1.23. The number of hydrogen-bond acceptors (Lipinski definition) is 2. The Morgan fingerprint density at radius 1 is 0.257 bits per heavy atom. The number of para-hydroxylation sites is 1. The second-order valence-electron chi connectivity index (χ2n) is 23.3. The summed E-state index contributed by atoms with van der Waals surface area (Å²) >= 11 is 1.75. The first-order valence-corrected chi connectivity index (χ1v) is 28.6. The van der Waals surface area contributed by atoms with Gasteiger partial charge < -0.3 is 4.72 Å². The number of hydrogen-bond donors (Lipinski definition) is 1. The number of benzene rings is 8. The van der Waals surface area contributed by atoms with Crippen LogP contribution in [0.2, 0.25) is 0 Å². The highest BCUT2D eigenvalue weighted by atomic mass is 32.2. The second-order valence-corrected chi connectivity index (χ2v) is 24.2. The summed E-state index contributed by atoms with van der Waals surface area (Å²) in [6, 6.07) is 60.7. The lowest BCUT2D eigenvalue weighted by Crippen LogP contribution is -2.04. The van der Waals surface area contributed by atoms with Crippen LogP contribution < -0.4 is 4.72 Å². The van der Waals surface area contributed by atoms with Crippen molar-refractivity contribution in [1.82, 2.24) is 0 Å². The summed E-state index contributed by atoms with van der Waals surface area (Å²) in [6.07, 6.45) is 0. The highest BCUT2D eigenvalue weighted by Crippen LogP contribution is 2.50. The number of nitrogens with one attached hydrogen (secondary N) is 1. The molecule has 1 N–H and O–H groups in total. The van der Waals surface area contributed by atoms with Gasteiger partial charge in [-0.05, 0) is 219 Å². The van der Waals surface area contributed by atoms with E-state index in [1.54, 1.807) is 11.9 Å². The van der Waals surface area contributed by atoms with E-state index in [-0.39, 0.29) is 0 Å². The van der Waals surface area contributed by atoms with Crippen LogP contribution in [0.4, 0.5) is 5.69 Å². The van der Waals surface area contributed by atoms with Crippen LogP contribution in [0.1, 0.15) is 203 Å². The van der Waals surface area contributed by atoms with Gasteiger partial charge in [-0.3, -0.25) is 0 Å². The topological polar surface area (TPSA) is 12.0 Å². The molecule has 0 heterocycles. The van der Waals surface area contributed by atoms with E-state index in [9.17, 15) is 0 Å². The van der Waals surface area contributed by atoms with E-state index in [1.165, 1.54) is 116 Å². The molecule has 8 aromatic carbocycles. The van der Waals surface area contributed by atoms with Crippen LogP contribution in [0, 0.1) is 0 Å². The quantitative estimate of drug-likeness (QED) is 0.0913. The van der Waals surface area contributed by atoms with Gasteiger partial charge in [-0.2, -0.15) is 0 Å². The Labute approximate surface area is 451 Å². The molecule has 2 heteroatoms. The van der Waals surface area contributed by atoms with Gasteiger partial charge in [0.1, 0.15) is 0 Å². The van der Waals surface area contributed by atoms with Crippen LogP contribution in [0.15, 0.2) is 163 Å². The third-order valence-electron chi connectivity index (χ3n) is 15.2. The molecule has 74 heavy (non-hydrogen) atoms. The van der Waals surface area contributed by atoms with Crippen molar-refractivity contribution < 1.29 is 0 Å². The van der Waals surface area contributed by atoms with Crippen LogP contribution in [0.3, 0.4) is 0 Å². The largest absolute Gasteiger partial charge is 0.326 e. The minimum atomic E-state index is 0.323. The van der Waals surface area contributed by atoms with Crippen LogP contribution in [0.5, 0.6) is 0 Å². The SMILES string of the molecule is CC(C)c1cccc(C(C)C)c1-c1cc(-c2cccc(-c3cc(-c4c(C(C)C)cccc4C(C)C)cc(-c4c(C(C)C)cccc4C(C)C)c3SNc3ccccc3)c2)cc(-c2c(C(C)C)cccc2C(C)C)c1. The first-order valence-electron chi connectivity index (χ1n) is 27.8. The fourth-order valence-electron chi connectivity index (χ4n) is 11.4. The zero-order chi connectivity index (χ0) is 53.1. The van der Waals surface area contributed by atoms with Gasteiger partial charge >= 0.3 is 0 Å². The van der Waals surface area contributed by atoms with Crippen molar-refractivity contribution >= 4 is 17.6 Å². The summed E-state index contributed by atoms with van der Waals surface area (Å²) in [5.74, 6) is 2.80. The molecule has 382 valence electrons. The van der Waals surface area contributed by atoms with E-state index in [0.717, 1.165) is 5.69 Å². The Morgan fingerprint density at radius 3 is 0.932 bits per heavy atom. The molecule has 0 spiro atoms. The molecule has 1 nitrogen and oxygen atoms in total. The predicted octanol–water partition coefficient (Wildman–Crippen LogP) is 22.8. The summed E-state index contributed by atoms with van der Waals surface area (Å²) < 4.78 is 3.87. The van der Waals surface area contributed by atoms with Crippen molar-refractivity contribution in [2.24, 2.45) is 0 Å². The first-order chi connectivity index (χ1) is 35.4. The van der Waals surface area contributed by atoms with Gasteiger partial charge in [0.15, 0.2) is 0 Å². The molecule has 0 bridgehead atoms.